The molecule has 0 radical (unpaired) electrons. The average molecular weight is 604 g/mol. The van der Waals surface area contributed by atoms with E-state index in [4.69, 9.17) is 0 Å². The van der Waals surface area contributed by atoms with Crippen LogP contribution in [0.15, 0.2) is 166 Å². The highest BCUT2D eigenvalue weighted by atomic mass is 32.2. The van der Waals surface area contributed by atoms with E-state index in [9.17, 15) is 0 Å². The summed E-state index contributed by atoms with van der Waals surface area (Å²) in [5.41, 5.74) is 10.4. The van der Waals surface area contributed by atoms with Crippen molar-refractivity contribution in [2.75, 3.05) is 0 Å². The van der Waals surface area contributed by atoms with Crippen LogP contribution in [0.4, 0.5) is 0 Å². The lowest BCUT2D eigenvalue weighted by molar-refractivity contribution is 0.589. The van der Waals surface area contributed by atoms with E-state index < -0.39 is 0 Å². The van der Waals surface area contributed by atoms with Crippen LogP contribution >= 0.6 is 0 Å². The predicted molar refractivity (Wildman–Crippen MR) is 195 cm³/mol. The van der Waals surface area contributed by atoms with Gasteiger partial charge in [0.15, 0.2) is 14.7 Å². The highest BCUT2D eigenvalue weighted by Crippen LogP contribution is 2.47. The van der Waals surface area contributed by atoms with Gasteiger partial charge in [0.25, 0.3) is 0 Å². The number of rotatable bonds is 6. The van der Waals surface area contributed by atoms with Crippen molar-refractivity contribution in [2.45, 2.75) is 67.1 Å². The molecule has 0 amide bonds. The topological polar surface area (TPSA) is 0 Å². The van der Waals surface area contributed by atoms with E-state index in [2.05, 4.69) is 193 Å². The van der Waals surface area contributed by atoms with Gasteiger partial charge >= 0.3 is 0 Å². The Morgan fingerprint density at radius 1 is 0.356 bits per heavy atom. The first kappa shape index (κ1) is 30.7. The Morgan fingerprint density at radius 3 is 1.27 bits per heavy atom. The summed E-state index contributed by atoms with van der Waals surface area (Å²) in [5.74, 6) is 0. The molecule has 0 spiro atoms. The van der Waals surface area contributed by atoms with Crippen LogP contribution in [0.3, 0.4) is 0 Å². The van der Waals surface area contributed by atoms with Gasteiger partial charge in [-0.25, -0.2) is 0 Å². The van der Waals surface area contributed by atoms with Crippen molar-refractivity contribution >= 4 is 10.9 Å². The van der Waals surface area contributed by atoms with E-state index in [1.165, 1.54) is 59.2 Å². The van der Waals surface area contributed by atoms with E-state index >= 15 is 0 Å². The van der Waals surface area contributed by atoms with Crippen molar-refractivity contribution in [1.82, 2.24) is 0 Å². The second kappa shape index (κ2) is 12.6. The summed E-state index contributed by atoms with van der Waals surface area (Å²) in [6.45, 7) is 13.7. The smallest absolute Gasteiger partial charge is 0.0622 e. The zero-order chi connectivity index (χ0) is 31.6. The van der Waals surface area contributed by atoms with E-state index in [0.29, 0.717) is 0 Å². The molecule has 224 valence electrons. The lowest BCUT2D eigenvalue weighted by Gasteiger charge is -2.22. The Balaban J connectivity index is 1.67. The Morgan fingerprint density at radius 2 is 0.778 bits per heavy atom. The minimum Gasteiger partial charge on any atom is -0.0622 e. The second-order valence-corrected chi connectivity index (χ2v) is 15.8. The molecule has 6 aromatic rings. The fourth-order valence-electron chi connectivity index (χ4n) is 5.98. The normalized spacial score (nSPS) is 12.6. The van der Waals surface area contributed by atoms with Crippen molar-refractivity contribution in [3.8, 4) is 33.4 Å². The molecule has 0 saturated heterocycles. The van der Waals surface area contributed by atoms with Crippen molar-refractivity contribution in [1.29, 1.82) is 0 Å². The van der Waals surface area contributed by atoms with Crippen LogP contribution in [0.1, 0.15) is 52.7 Å². The Hall–Kier alpha value is -4.33. The zero-order valence-corrected chi connectivity index (χ0v) is 28.2. The molecule has 1 heteroatoms. The van der Waals surface area contributed by atoms with Crippen molar-refractivity contribution in [2.24, 2.45) is 0 Å². The standard InChI is InChI=1S/C44H43S/c1-43(2,3)35-24-22-32(23-25-35)39-30-31-40(42(34-18-12-8-13-19-34)41(39)33-16-10-7-11-17-33)45(37-20-14-9-15-21-37)38-28-26-36(27-29-38)44(4,5)6/h7-31H,1-6H3/q+1. The van der Waals surface area contributed by atoms with Crippen molar-refractivity contribution < 1.29 is 0 Å². The largest absolute Gasteiger partial charge is 0.175 e. The maximum Gasteiger partial charge on any atom is 0.175 e. The molecule has 0 aliphatic carbocycles. The Kier molecular flexibility index (Phi) is 8.58. The summed E-state index contributed by atoms with van der Waals surface area (Å²) in [5, 5.41) is 0. The van der Waals surface area contributed by atoms with Gasteiger partial charge in [-0.3, -0.25) is 0 Å². The molecule has 0 heterocycles. The Bertz CT molecular complexity index is 1850. The molecule has 0 N–H and O–H groups in total. The summed E-state index contributed by atoms with van der Waals surface area (Å²) >= 11 is 0. The van der Waals surface area contributed by atoms with E-state index in [1.807, 2.05) is 0 Å². The molecule has 0 aliphatic rings. The molecule has 6 rings (SSSR count). The first-order valence-corrected chi connectivity index (χ1v) is 17.1. The predicted octanol–water partition coefficient (Wildman–Crippen LogP) is 12.4. The van der Waals surface area contributed by atoms with Gasteiger partial charge < -0.3 is 0 Å². The van der Waals surface area contributed by atoms with Crippen LogP contribution in [0.2, 0.25) is 0 Å². The fourth-order valence-corrected chi connectivity index (χ4v) is 8.22. The monoisotopic (exact) mass is 603 g/mol. The van der Waals surface area contributed by atoms with Gasteiger partial charge in [0.1, 0.15) is 0 Å². The molecule has 6 aromatic carbocycles. The van der Waals surface area contributed by atoms with Gasteiger partial charge in [-0.1, -0.05) is 157 Å². The second-order valence-electron chi connectivity index (χ2n) is 13.8. The molecule has 45 heavy (non-hydrogen) atoms. The minimum absolute atomic E-state index is 0.101. The van der Waals surface area contributed by atoms with Gasteiger partial charge in [-0.15, -0.1) is 0 Å². The zero-order valence-electron chi connectivity index (χ0n) is 27.3. The summed E-state index contributed by atoms with van der Waals surface area (Å²) in [7, 11) is -0.326. The highest BCUT2D eigenvalue weighted by molar-refractivity contribution is 7.97. The first-order valence-electron chi connectivity index (χ1n) is 15.9. The van der Waals surface area contributed by atoms with Crippen LogP contribution in [-0.2, 0) is 21.7 Å². The maximum atomic E-state index is 2.40. The SMILES string of the molecule is CC(C)(C)c1ccc(-c2ccc([S+](c3ccccc3)c3ccc(C(C)(C)C)cc3)c(-c3ccccc3)c2-c2ccccc2)cc1. The van der Waals surface area contributed by atoms with Gasteiger partial charge in [0, 0.05) is 11.1 Å². The third-order valence-electron chi connectivity index (χ3n) is 8.51. The fraction of sp³-hybridized carbons (Fsp3) is 0.182. The van der Waals surface area contributed by atoms with Gasteiger partial charge in [-0.05, 0) is 80.6 Å². The lowest BCUT2D eigenvalue weighted by atomic mass is 9.84. The van der Waals surface area contributed by atoms with E-state index in [1.54, 1.807) is 0 Å². The summed E-state index contributed by atoms with van der Waals surface area (Å²) in [6, 6.07) is 56.3. The molecule has 0 aliphatic heterocycles. The van der Waals surface area contributed by atoms with Crippen LogP contribution in [0.25, 0.3) is 33.4 Å². The lowest BCUT2D eigenvalue weighted by Crippen LogP contribution is -2.12. The molecule has 1 atom stereocenters. The first-order chi connectivity index (χ1) is 21.6. The third-order valence-corrected chi connectivity index (χ3v) is 10.8. The number of hydrogen-bond acceptors (Lipinski definition) is 0. The van der Waals surface area contributed by atoms with Crippen LogP contribution < -0.4 is 0 Å². The highest BCUT2D eigenvalue weighted by Gasteiger charge is 2.34. The van der Waals surface area contributed by atoms with E-state index in [-0.39, 0.29) is 21.7 Å². The van der Waals surface area contributed by atoms with Crippen LogP contribution in [-0.4, -0.2) is 0 Å². The van der Waals surface area contributed by atoms with Crippen LogP contribution in [0, 0.1) is 0 Å². The average Bonchev–Trinajstić information content (AvgIpc) is 3.05. The molecule has 1 unspecified atom stereocenters. The Labute approximate surface area is 273 Å². The quantitative estimate of drug-likeness (QED) is 0.166. The minimum atomic E-state index is -0.326. The summed E-state index contributed by atoms with van der Waals surface area (Å²) in [6.07, 6.45) is 0. The van der Waals surface area contributed by atoms with Crippen LogP contribution in [0.5, 0.6) is 0 Å². The molecule has 0 saturated carbocycles. The van der Waals surface area contributed by atoms with Gasteiger partial charge in [0.05, 0.1) is 10.9 Å². The number of benzene rings is 6. The molecule has 0 fully saturated rings. The van der Waals surface area contributed by atoms with Crippen molar-refractivity contribution in [3.63, 3.8) is 0 Å². The molecule has 0 nitrogen and oxygen atoms in total. The molecular formula is C44H43S+. The third kappa shape index (κ3) is 6.56. The summed E-state index contributed by atoms with van der Waals surface area (Å²) < 4.78 is 0. The van der Waals surface area contributed by atoms with E-state index in [0.717, 1.165) is 0 Å². The maximum absolute atomic E-state index is 2.40. The molecular weight excluding hydrogens is 561 g/mol. The molecule has 0 bridgehead atoms. The summed E-state index contributed by atoms with van der Waals surface area (Å²) in [4.78, 5) is 3.98. The van der Waals surface area contributed by atoms with Gasteiger partial charge in [0.2, 0.25) is 0 Å². The van der Waals surface area contributed by atoms with Crippen molar-refractivity contribution in [3.05, 3.63) is 163 Å². The van der Waals surface area contributed by atoms with Gasteiger partial charge in [-0.2, -0.15) is 0 Å². The number of hydrogen-bond donors (Lipinski definition) is 0. The molecule has 0 aromatic heterocycles.